The monoisotopic (exact) mass is 411 g/mol. The van der Waals surface area contributed by atoms with Crippen molar-refractivity contribution < 1.29 is 19.4 Å². The molecule has 2 aliphatic rings. The molecular formula is C23H25NO4S. The number of ketones is 1. The quantitative estimate of drug-likeness (QED) is 0.463. The highest BCUT2D eigenvalue weighted by molar-refractivity contribution is 7.10. The number of rotatable bonds is 4. The van der Waals surface area contributed by atoms with Gasteiger partial charge < -0.3 is 14.7 Å². The van der Waals surface area contributed by atoms with Crippen LogP contribution >= 0.6 is 11.3 Å². The molecule has 1 aromatic carbocycles. The lowest BCUT2D eigenvalue weighted by Gasteiger charge is -2.27. The first kappa shape index (κ1) is 19.9. The second-order valence-corrected chi connectivity index (χ2v) is 8.80. The summed E-state index contributed by atoms with van der Waals surface area (Å²) in [6, 6.07) is 6.96. The molecule has 0 aliphatic carbocycles. The van der Waals surface area contributed by atoms with Gasteiger partial charge >= 0.3 is 0 Å². The maximum absolute atomic E-state index is 13.0. The highest BCUT2D eigenvalue weighted by Gasteiger charge is 2.47. The molecule has 0 spiro atoms. The summed E-state index contributed by atoms with van der Waals surface area (Å²) in [5.74, 6) is -1.31. The maximum Gasteiger partial charge on any atom is 0.295 e. The van der Waals surface area contributed by atoms with E-state index in [4.69, 9.17) is 4.74 Å². The van der Waals surface area contributed by atoms with Gasteiger partial charge in [0.05, 0.1) is 17.7 Å². The summed E-state index contributed by atoms with van der Waals surface area (Å²) in [6.07, 6.45) is 1.76. The molecule has 3 heterocycles. The summed E-state index contributed by atoms with van der Waals surface area (Å²) in [5, 5.41) is 13.1. The van der Waals surface area contributed by atoms with Crippen molar-refractivity contribution in [2.45, 2.75) is 45.8 Å². The van der Waals surface area contributed by atoms with Gasteiger partial charge in [0.25, 0.3) is 11.7 Å². The Morgan fingerprint density at radius 3 is 2.59 bits per heavy atom. The van der Waals surface area contributed by atoms with Gasteiger partial charge in [-0.2, -0.15) is 0 Å². The average Bonchev–Trinajstić information content (AvgIpc) is 3.41. The molecule has 6 heteroatoms. The smallest absolute Gasteiger partial charge is 0.295 e. The van der Waals surface area contributed by atoms with Crippen LogP contribution in [0.5, 0.6) is 0 Å². The van der Waals surface area contributed by atoms with E-state index in [0.717, 1.165) is 34.4 Å². The van der Waals surface area contributed by atoms with Crippen LogP contribution in [0, 0.1) is 20.8 Å². The van der Waals surface area contributed by atoms with Crippen molar-refractivity contribution in [3.05, 3.63) is 62.3 Å². The van der Waals surface area contributed by atoms with Crippen LogP contribution in [0.4, 0.5) is 0 Å². The summed E-state index contributed by atoms with van der Waals surface area (Å²) < 4.78 is 5.72. The number of thiophene rings is 1. The number of carbonyl (C=O) groups excluding carboxylic acids is 2. The zero-order valence-electron chi connectivity index (χ0n) is 16.9. The molecule has 2 saturated heterocycles. The molecule has 2 aromatic rings. The van der Waals surface area contributed by atoms with Crippen LogP contribution in [0.15, 0.2) is 35.2 Å². The van der Waals surface area contributed by atoms with Crippen LogP contribution in [0.3, 0.4) is 0 Å². The number of ether oxygens (including phenoxy) is 1. The molecule has 152 valence electrons. The van der Waals surface area contributed by atoms with Crippen molar-refractivity contribution in [2.75, 3.05) is 13.2 Å². The Balaban J connectivity index is 1.83. The second kappa shape index (κ2) is 7.76. The Labute approximate surface area is 174 Å². The standard InChI is InChI=1S/C23H25NO4S/c1-13-6-7-16(11-15(13)3)20(25)18-19(22-14(2)8-10-29-22)24(23(27)21(18)26)12-17-5-4-9-28-17/h6-8,10-11,17,19,25H,4-5,9,12H2,1-3H3/b20-18-. The molecule has 0 saturated carbocycles. The zero-order valence-corrected chi connectivity index (χ0v) is 17.7. The SMILES string of the molecule is Cc1ccc(/C(O)=C2/C(=O)C(=O)N(CC3CCCO3)C2c2sccc2C)cc1C. The second-order valence-electron chi connectivity index (χ2n) is 7.85. The van der Waals surface area contributed by atoms with Gasteiger partial charge in [0.1, 0.15) is 5.76 Å². The minimum Gasteiger partial charge on any atom is -0.507 e. The Hall–Kier alpha value is -2.44. The number of aliphatic hydroxyl groups excluding tert-OH is 1. The third-order valence-electron chi connectivity index (χ3n) is 5.89. The van der Waals surface area contributed by atoms with Gasteiger partial charge in [0, 0.05) is 23.6 Å². The summed E-state index contributed by atoms with van der Waals surface area (Å²) in [6.45, 7) is 6.96. The molecule has 2 aliphatic heterocycles. The third kappa shape index (κ3) is 3.51. The van der Waals surface area contributed by atoms with Crippen LogP contribution < -0.4 is 0 Å². The first-order valence-electron chi connectivity index (χ1n) is 9.90. The summed E-state index contributed by atoms with van der Waals surface area (Å²) >= 11 is 1.50. The van der Waals surface area contributed by atoms with Gasteiger partial charge in [-0.3, -0.25) is 9.59 Å². The number of benzene rings is 1. The van der Waals surface area contributed by atoms with E-state index in [2.05, 4.69) is 0 Å². The number of aliphatic hydroxyl groups is 1. The topological polar surface area (TPSA) is 66.8 Å². The number of likely N-dealkylation sites (tertiary alicyclic amines) is 1. The highest BCUT2D eigenvalue weighted by Crippen LogP contribution is 2.43. The average molecular weight is 412 g/mol. The van der Waals surface area contributed by atoms with E-state index >= 15 is 0 Å². The predicted octanol–water partition coefficient (Wildman–Crippen LogP) is 4.27. The zero-order chi connectivity index (χ0) is 20.7. The van der Waals surface area contributed by atoms with E-state index in [-0.39, 0.29) is 17.4 Å². The Morgan fingerprint density at radius 1 is 1.17 bits per heavy atom. The van der Waals surface area contributed by atoms with Crippen molar-refractivity contribution in [1.82, 2.24) is 4.90 Å². The lowest BCUT2D eigenvalue weighted by atomic mass is 9.96. The van der Waals surface area contributed by atoms with Crippen molar-refractivity contribution in [2.24, 2.45) is 0 Å². The fourth-order valence-electron chi connectivity index (χ4n) is 4.06. The normalized spacial score (nSPS) is 23.9. The molecule has 2 unspecified atom stereocenters. The number of aryl methyl sites for hydroxylation is 3. The lowest BCUT2D eigenvalue weighted by molar-refractivity contribution is -0.140. The van der Waals surface area contributed by atoms with Gasteiger partial charge in [-0.05, 0) is 67.8 Å². The van der Waals surface area contributed by atoms with Crippen LogP contribution in [-0.4, -0.2) is 41.0 Å². The van der Waals surface area contributed by atoms with Crippen LogP contribution in [0.1, 0.15) is 46.0 Å². The van der Waals surface area contributed by atoms with Gasteiger partial charge in [0.2, 0.25) is 0 Å². The molecule has 1 aromatic heterocycles. The molecule has 0 radical (unpaired) electrons. The van der Waals surface area contributed by atoms with Gasteiger partial charge in [-0.25, -0.2) is 0 Å². The van der Waals surface area contributed by atoms with Crippen molar-refractivity contribution in [3.63, 3.8) is 0 Å². The van der Waals surface area contributed by atoms with Gasteiger partial charge in [-0.15, -0.1) is 11.3 Å². The molecule has 2 atom stereocenters. The molecule has 0 bridgehead atoms. The highest BCUT2D eigenvalue weighted by atomic mass is 32.1. The Bertz CT molecular complexity index is 1000. The van der Waals surface area contributed by atoms with Crippen LogP contribution in [-0.2, 0) is 14.3 Å². The molecule has 1 amide bonds. The van der Waals surface area contributed by atoms with Gasteiger partial charge in [-0.1, -0.05) is 12.1 Å². The van der Waals surface area contributed by atoms with E-state index in [1.807, 2.05) is 44.4 Å². The first-order chi connectivity index (χ1) is 13.9. The summed E-state index contributed by atoms with van der Waals surface area (Å²) in [7, 11) is 0. The number of hydrogen-bond donors (Lipinski definition) is 1. The van der Waals surface area contributed by atoms with Gasteiger partial charge in [0.15, 0.2) is 0 Å². The fraction of sp³-hybridized carbons (Fsp3) is 0.391. The number of amides is 1. The number of nitrogens with zero attached hydrogens (tertiary/aromatic N) is 1. The van der Waals surface area contributed by atoms with E-state index in [9.17, 15) is 14.7 Å². The minimum atomic E-state index is -0.628. The minimum absolute atomic E-state index is 0.0716. The fourth-order valence-corrected chi connectivity index (χ4v) is 5.10. The Morgan fingerprint density at radius 2 is 1.97 bits per heavy atom. The first-order valence-corrected chi connectivity index (χ1v) is 10.8. The number of carbonyl (C=O) groups is 2. The Kier molecular flexibility index (Phi) is 5.32. The van der Waals surface area contributed by atoms with E-state index in [1.54, 1.807) is 11.0 Å². The van der Waals surface area contributed by atoms with Crippen LogP contribution in [0.2, 0.25) is 0 Å². The summed E-state index contributed by atoms with van der Waals surface area (Å²) in [4.78, 5) is 28.5. The molecular weight excluding hydrogens is 386 g/mol. The molecule has 1 N–H and O–H groups in total. The molecule has 4 rings (SSSR count). The number of Topliss-reactive ketones (excluding diaryl/α,β-unsaturated/α-hetero) is 1. The van der Waals surface area contributed by atoms with E-state index < -0.39 is 17.7 Å². The van der Waals surface area contributed by atoms with Crippen molar-refractivity contribution in [3.8, 4) is 0 Å². The van der Waals surface area contributed by atoms with Crippen molar-refractivity contribution in [1.29, 1.82) is 0 Å². The van der Waals surface area contributed by atoms with Crippen LogP contribution in [0.25, 0.3) is 5.76 Å². The lowest BCUT2D eigenvalue weighted by Crippen LogP contribution is -2.36. The number of hydrogen-bond acceptors (Lipinski definition) is 5. The third-order valence-corrected chi connectivity index (χ3v) is 6.97. The van der Waals surface area contributed by atoms with E-state index in [1.165, 1.54) is 11.3 Å². The predicted molar refractivity (Wildman–Crippen MR) is 113 cm³/mol. The molecule has 5 nitrogen and oxygen atoms in total. The summed E-state index contributed by atoms with van der Waals surface area (Å²) in [5.41, 5.74) is 3.85. The van der Waals surface area contributed by atoms with E-state index in [0.29, 0.717) is 18.7 Å². The molecule has 2 fully saturated rings. The molecule has 29 heavy (non-hydrogen) atoms. The maximum atomic E-state index is 13.0. The largest absolute Gasteiger partial charge is 0.507 e. The van der Waals surface area contributed by atoms with Crippen molar-refractivity contribution >= 4 is 28.8 Å².